The summed E-state index contributed by atoms with van der Waals surface area (Å²) in [5.74, 6) is 0.430. The van der Waals surface area contributed by atoms with Gasteiger partial charge in [-0.1, -0.05) is 13.3 Å². The topological polar surface area (TPSA) is 26.8 Å². The van der Waals surface area contributed by atoms with Crippen LogP contribution in [0.4, 0.5) is 0 Å². The minimum Gasteiger partial charge on any atom is -0.337 e. The number of hydrogen-bond donors (Lipinski definition) is 0. The first-order valence-corrected chi connectivity index (χ1v) is 8.97. The first-order chi connectivity index (χ1) is 10.2. The molecule has 0 aromatic heterocycles. The molecule has 0 aromatic carbocycles. The molecule has 4 heteroatoms. The van der Waals surface area contributed by atoms with E-state index in [0.29, 0.717) is 18.0 Å². The highest BCUT2D eigenvalue weighted by molar-refractivity contribution is 5.82. The molecule has 0 unspecified atom stereocenters. The lowest BCUT2D eigenvalue weighted by atomic mass is 9.98. The largest absolute Gasteiger partial charge is 0.337 e. The number of nitrogens with zero attached hydrogens (tertiary/aromatic N) is 3. The number of likely N-dealkylation sites (tertiary alicyclic amines) is 3. The van der Waals surface area contributed by atoms with Gasteiger partial charge in [-0.25, -0.2) is 0 Å². The van der Waals surface area contributed by atoms with Gasteiger partial charge in [-0.05, 0) is 65.2 Å². The van der Waals surface area contributed by atoms with E-state index in [4.69, 9.17) is 0 Å². The van der Waals surface area contributed by atoms with Crippen molar-refractivity contribution in [2.75, 3.05) is 33.2 Å². The monoisotopic (exact) mass is 293 g/mol. The van der Waals surface area contributed by atoms with Crippen LogP contribution in [-0.4, -0.2) is 72.0 Å². The van der Waals surface area contributed by atoms with Gasteiger partial charge in [0, 0.05) is 18.6 Å². The smallest absolute Gasteiger partial charge is 0.240 e. The Labute approximate surface area is 129 Å². The van der Waals surface area contributed by atoms with Gasteiger partial charge in [0.25, 0.3) is 0 Å². The number of carbonyl (C=O) groups is 1. The SMILES string of the molecule is CCN1CCCC[C@@H]1C(=O)N1CCC[C@H]1[C@@H]1CCCN1C. The maximum Gasteiger partial charge on any atom is 0.240 e. The maximum atomic E-state index is 13.1. The average molecular weight is 293 g/mol. The molecule has 0 radical (unpaired) electrons. The van der Waals surface area contributed by atoms with Crippen LogP contribution in [0, 0.1) is 0 Å². The number of likely N-dealkylation sites (N-methyl/N-ethyl adjacent to an activating group) is 2. The zero-order chi connectivity index (χ0) is 14.8. The van der Waals surface area contributed by atoms with Gasteiger partial charge in [0.2, 0.25) is 5.91 Å². The van der Waals surface area contributed by atoms with Gasteiger partial charge in [0.1, 0.15) is 0 Å². The molecule has 3 rings (SSSR count). The molecular weight excluding hydrogens is 262 g/mol. The summed E-state index contributed by atoms with van der Waals surface area (Å²) in [6, 6.07) is 1.25. The van der Waals surface area contributed by atoms with Gasteiger partial charge in [-0.15, -0.1) is 0 Å². The fourth-order valence-electron chi connectivity index (χ4n) is 4.73. The number of carbonyl (C=O) groups excluding carboxylic acids is 1. The number of rotatable bonds is 3. The van der Waals surface area contributed by atoms with Gasteiger partial charge in [0.15, 0.2) is 0 Å². The zero-order valence-corrected chi connectivity index (χ0v) is 13.8. The Bertz CT molecular complexity index is 373. The van der Waals surface area contributed by atoms with E-state index < -0.39 is 0 Å². The zero-order valence-electron chi connectivity index (χ0n) is 13.8. The lowest BCUT2D eigenvalue weighted by Crippen LogP contribution is -2.55. The van der Waals surface area contributed by atoms with Crippen molar-refractivity contribution in [2.45, 2.75) is 70.0 Å². The van der Waals surface area contributed by atoms with Gasteiger partial charge in [-0.2, -0.15) is 0 Å². The van der Waals surface area contributed by atoms with E-state index in [-0.39, 0.29) is 6.04 Å². The standard InChI is InChI=1S/C17H31N3O/c1-3-19-12-5-4-8-16(19)17(21)20-13-7-10-15(20)14-9-6-11-18(14)2/h14-16H,3-13H2,1-2H3/t14-,15-,16+/m0/s1. The molecule has 3 saturated heterocycles. The van der Waals surface area contributed by atoms with Crippen molar-refractivity contribution in [3.8, 4) is 0 Å². The lowest BCUT2D eigenvalue weighted by Gasteiger charge is -2.40. The molecule has 0 aliphatic carbocycles. The molecule has 0 saturated carbocycles. The highest BCUT2D eigenvalue weighted by Gasteiger charge is 2.41. The maximum absolute atomic E-state index is 13.1. The molecule has 0 N–H and O–H groups in total. The van der Waals surface area contributed by atoms with Crippen LogP contribution in [0.3, 0.4) is 0 Å². The van der Waals surface area contributed by atoms with Crippen molar-refractivity contribution in [3.05, 3.63) is 0 Å². The third-order valence-electron chi connectivity index (χ3n) is 5.91. The summed E-state index contributed by atoms with van der Waals surface area (Å²) in [7, 11) is 2.23. The Morgan fingerprint density at radius 2 is 1.71 bits per heavy atom. The molecule has 0 aromatic rings. The van der Waals surface area contributed by atoms with E-state index in [1.807, 2.05) is 0 Å². The first kappa shape index (κ1) is 15.3. The summed E-state index contributed by atoms with van der Waals surface area (Å²) in [6.07, 6.45) is 8.51. The van der Waals surface area contributed by atoms with E-state index in [2.05, 4.69) is 28.7 Å². The van der Waals surface area contributed by atoms with Crippen molar-refractivity contribution >= 4 is 5.91 Å². The molecule has 4 nitrogen and oxygen atoms in total. The van der Waals surface area contributed by atoms with Crippen LogP contribution in [0.15, 0.2) is 0 Å². The van der Waals surface area contributed by atoms with E-state index >= 15 is 0 Å². The summed E-state index contributed by atoms with van der Waals surface area (Å²) < 4.78 is 0. The van der Waals surface area contributed by atoms with Crippen LogP contribution in [-0.2, 0) is 4.79 Å². The van der Waals surface area contributed by atoms with E-state index in [0.717, 1.165) is 26.1 Å². The second-order valence-corrected chi connectivity index (χ2v) is 7.07. The molecule has 0 bridgehead atoms. The molecule has 120 valence electrons. The van der Waals surface area contributed by atoms with Crippen LogP contribution < -0.4 is 0 Å². The summed E-state index contributed by atoms with van der Waals surface area (Å²) in [4.78, 5) is 20.2. The van der Waals surface area contributed by atoms with Crippen LogP contribution in [0.1, 0.15) is 51.9 Å². The van der Waals surface area contributed by atoms with E-state index in [1.165, 1.54) is 45.1 Å². The Morgan fingerprint density at radius 1 is 0.952 bits per heavy atom. The van der Waals surface area contributed by atoms with Crippen molar-refractivity contribution in [3.63, 3.8) is 0 Å². The fourth-order valence-corrected chi connectivity index (χ4v) is 4.73. The van der Waals surface area contributed by atoms with Crippen LogP contribution in [0.25, 0.3) is 0 Å². The molecule has 3 fully saturated rings. The predicted molar refractivity (Wildman–Crippen MR) is 85.3 cm³/mol. The van der Waals surface area contributed by atoms with E-state index in [9.17, 15) is 4.79 Å². The van der Waals surface area contributed by atoms with Gasteiger partial charge >= 0.3 is 0 Å². The molecule has 3 aliphatic heterocycles. The van der Waals surface area contributed by atoms with Crippen molar-refractivity contribution in [1.82, 2.24) is 14.7 Å². The molecule has 0 spiro atoms. The minimum absolute atomic E-state index is 0.163. The third-order valence-corrected chi connectivity index (χ3v) is 5.91. The summed E-state index contributed by atoms with van der Waals surface area (Å²) in [6.45, 7) is 6.50. The second kappa shape index (κ2) is 6.66. The summed E-state index contributed by atoms with van der Waals surface area (Å²) in [5.41, 5.74) is 0. The van der Waals surface area contributed by atoms with Crippen LogP contribution >= 0.6 is 0 Å². The molecule has 1 amide bonds. The normalized spacial score (nSPS) is 35.5. The van der Waals surface area contributed by atoms with Crippen molar-refractivity contribution in [1.29, 1.82) is 0 Å². The fraction of sp³-hybridized carbons (Fsp3) is 0.941. The van der Waals surface area contributed by atoms with Gasteiger partial charge in [0.05, 0.1) is 6.04 Å². The van der Waals surface area contributed by atoms with Gasteiger partial charge in [-0.3, -0.25) is 9.69 Å². The van der Waals surface area contributed by atoms with Crippen molar-refractivity contribution in [2.24, 2.45) is 0 Å². The Morgan fingerprint density at radius 3 is 2.43 bits per heavy atom. The molecule has 3 aliphatic rings. The van der Waals surface area contributed by atoms with E-state index in [1.54, 1.807) is 0 Å². The Kier molecular flexibility index (Phi) is 4.85. The molecule has 3 heterocycles. The number of hydrogen-bond acceptors (Lipinski definition) is 3. The molecule has 3 atom stereocenters. The Balaban J connectivity index is 1.70. The van der Waals surface area contributed by atoms with Crippen molar-refractivity contribution < 1.29 is 4.79 Å². The summed E-state index contributed by atoms with van der Waals surface area (Å²) in [5, 5.41) is 0. The lowest BCUT2D eigenvalue weighted by molar-refractivity contribution is -0.140. The summed E-state index contributed by atoms with van der Waals surface area (Å²) >= 11 is 0. The first-order valence-electron chi connectivity index (χ1n) is 8.97. The Hall–Kier alpha value is -0.610. The van der Waals surface area contributed by atoms with Crippen LogP contribution in [0.2, 0.25) is 0 Å². The van der Waals surface area contributed by atoms with Crippen LogP contribution in [0.5, 0.6) is 0 Å². The number of piperidine rings is 1. The number of amides is 1. The molecule has 21 heavy (non-hydrogen) atoms. The second-order valence-electron chi connectivity index (χ2n) is 7.07. The van der Waals surface area contributed by atoms with Gasteiger partial charge < -0.3 is 9.80 Å². The minimum atomic E-state index is 0.163. The quantitative estimate of drug-likeness (QED) is 0.796. The average Bonchev–Trinajstić information content (AvgIpc) is 3.14. The third kappa shape index (κ3) is 2.98. The molecular formula is C17H31N3O. The highest BCUT2D eigenvalue weighted by atomic mass is 16.2. The predicted octanol–water partition coefficient (Wildman–Crippen LogP) is 1.95. The highest BCUT2D eigenvalue weighted by Crippen LogP contribution is 2.31.